The molecule has 3 rings (SSSR count). The highest BCUT2D eigenvalue weighted by Gasteiger charge is 2.41. The third-order valence-electron chi connectivity index (χ3n) is 3.91. The summed E-state index contributed by atoms with van der Waals surface area (Å²) in [6.45, 7) is 0. The van der Waals surface area contributed by atoms with E-state index in [4.69, 9.17) is 5.73 Å². The number of nitrogens with zero attached hydrogens (tertiary/aromatic N) is 1. The first-order valence-electron chi connectivity index (χ1n) is 8.18. The first kappa shape index (κ1) is 21.2. The monoisotopic (exact) mass is 428 g/mol. The molecule has 1 heterocycles. The molecule has 3 nitrogen and oxygen atoms in total. The predicted molar refractivity (Wildman–Crippen MR) is 93.6 cm³/mol. The number of nitrogens with two attached hydrogens (primary N) is 1. The van der Waals surface area contributed by atoms with Crippen LogP contribution < -0.4 is 10.5 Å². The molecule has 0 amide bonds. The van der Waals surface area contributed by atoms with Gasteiger partial charge < -0.3 is 10.5 Å². The van der Waals surface area contributed by atoms with Crippen LogP contribution in [0.5, 0.6) is 5.75 Å². The Bertz CT molecular complexity index is 1070. The molecule has 0 aliphatic carbocycles. The molecule has 0 aliphatic heterocycles. The average molecular weight is 428 g/mol. The highest BCUT2D eigenvalue weighted by molar-refractivity contribution is 5.62. The fourth-order valence-electron chi connectivity index (χ4n) is 2.58. The van der Waals surface area contributed by atoms with Gasteiger partial charge in [0.15, 0.2) is 17.5 Å². The van der Waals surface area contributed by atoms with Gasteiger partial charge in [0.1, 0.15) is 22.9 Å². The molecule has 0 unspecified atom stereocenters. The smallest absolute Gasteiger partial charge is 0.429 e. The minimum Gasteiger partial charge on any atom is -0.429 e. The summed E-state index contributed by atoms with van der Waals surface area (Å²) in [5.41, 5.74) is 3.97. The highest BCUT2D eigenvalue weighted by Crippen LogP contribution is 2.37. The van der Waals surface area contributed by atoms with Crippen LogP contribution in [-0.2, 0) is 6.11 Å². The van der Waals surface area contributed by atoms with E-state index < -0.39 is 46.5 Å². The summed E-state index contributed by atoms with van der Waals surface area (Å²) in [5.74, 6) is -10.1. The topological polar surface area (TPSA) is 48.1 Å². The molecule has 10 heteroatoms. The zero-order valence-corrected chi connectivity index (χ0v) is 14.8. The second kappa shape index (κ2) is 8.05. The molecule has 0 fully saturated rings. The second-order valence-corrected chi connectivity index (χ2v) is 5.97. The van der Waals surface area contributed by atoms with E-state index in [1.165, 1.54) is 30.6 Å². The number of alkyl halides is 2. The van der Waals surface area contributed by atoms with E-state index in [1.54, 1.807) is 0 Å². The predicted octanol–water partition coefficient (Wildman–Crippen LogP) is 5.50. The molecular formula is C20H11F7N2O. The lowest BCUT2D eigenvalue weighted by Gasteiger charge is -2.20. The summed E-state index contributed by atoms with van der Waals surface area (Å²) in [7, 11) is 0. The molecule has 0 saturated heterocycles. The van der Waals surface area contributed by atoms with Crippen molar-refractivity contribution in [3.63, 3.8) is 0 Å². The molecule has 1 aromatic heterocycles. The summed E-state index contributed by atoms with van der Waals surface area (Å²) in [6.07, 6.45) is -0.545. The normalized spacial score (nSPS) is 11.8. The molecule has 30 heavy (non-hydrogen) atoms. The Morgan fingerprint density at radius 1 is 0.867 bits per heavy atom. The first-order chi connectivity index (χ1) is 14.1. The van der Waals surface area contributed by atoms with Crippen LogP contribution in [0.1, 0.15) is 11.1 Å². The van der Waals surface area contributed by atoms with Crippen molar-refractivity contribution >= 4 is 6.08 Å². The quantitative estimate of drug-likeness (QED) is 0.431. The number of benzene rings is 2. The van der Waals surface area contributed by atoms with Crippen molar-refractivity contribution in [1.29, 1.82) is 0 Å². The Morgan fingerprint density at radius 3 is 1.97 bits per heavy atom. The van der Waals surface area contributed by atoms with Gasteiger partial charge in [-0.15, -0.1) is 0 Å². The van der Waals surface area contributed by atoms with Crippen molar-refractivity contribution in [1.82, 2.24) is 4.98 Å². The van der Waals surface area contributed by atoms with Gasteiger partial charge in [-0.2, -0.15) is 8.78 Å². The van der Waals surface area contributed by atoms with E-state index in [-0.39, 0.29) is 23.4 Å². The number of aromatic nitrogens is 1. The summed E-state index contributed by atoms with van der Waals surface area (Å²) in [5, 5.41) is 0. The van der Waals surface area contributed by atoms with Crippen molar-refractivity contribution in [3.8, 4) is 17.0 Å². The number of halogens is 7. The molecule has 0 spiro atoms. The van der Waals surface area contributed by atoms with Crippen molar-refractivity contribution in [2.45, 2.75) is 6.11 Å². The summed E-state index contributed by atoms with van der Waals surface area (Å²) < 4.78 is 101. The zero-order valence-electron chi connectivity index (χ0n) is 14.8. The van der Waals surface area contributed by atoms with E-state index in [2.05, 4.69) is 9.72 Å². The molecule has 2 aromatic carbocycles. The molecule has 3 aromatic rings. The van der Waals surface area contributed by atoms with Crippen molar-refractivity contribution in [3.05, 3.63) is 89.0 Å². The van der Waals surface area contributed by atoms with Gasteiger partial charge in [0, 0.05) is 23.9 Å². The summed E-state index contributed by atoms with van der Waals surface area (Å²) in [6, 6.07) is 4.37. The van der Waals surface area contributed by atoms with Crippen molar-refractivity contribution in [2.24, 2.45) is 5.73 Å². The lowest BCUT2D eigenvalue weighted by molar-refractivity contribution is -0.189. The number of ether oxygens (including phenoxy) is 1. The van der Waals surface area contributed by atoms with Gasteiger partial charge in [0.05, 0.1) is 5.69 Å². The van der Waals surface area contributed by atoms with Gasteiger partial charge in [0.25, 0.3) is 0 Å². The molecule has 0 atom stereocenters. The van der Waals surface area contributed by atoms with Crippen LogP contribution in [-0.4, -0.2) is 4.98 Å². The van der Waals surface area contributed by atoms with Crippen LogP contribution in [0.15, 0.2) is 48.8 Å². The van der Waals surface area contributed by atoms with Crippen LogP contribution in [0.25, 0.3) is 17.3 Å². The standard InChI is InChI=1S/C20H11F7N2O/c21-13-5-11(17-2-1-10(3-4-28)9-29-17)6-14(22)18(13)20(26,27)30-12-7-15(23)19(25)16(24)8-12/h1-9H,28H2/b4-3+. The maximum atomic E-state index is 14.4. The lowest BCUT2D eigenvalue weighted by Crippen LogP contribution is -2.25. The van der Waals surface area contributed by atoms with Crippen LogP contribution >= 0.6 is 0 Å². The third-order valence-corrected chi connectivity index (χ3v) is 3.91. The minimum absolute atomic E-state index is 0.0837. The molecule has 156 valence electrons. The molecule has 2 N–H and O–H groups in total. The minimum atomic E-state index is -4.66. The Labute approximate surface area is 165 Å². The van der Waals surface area contributed by atoms with Gasteiger partial charge in [-0.1, -0.05) is 6.07 Å². The Hall–Kier alpha value is -3.56. The van der Waals surface area contributed by atoms with E-state index >= 15 is 0 Å². The van der Waals surface area contributed by atoms with E-state index in [0.717, 1.165) is 0 Å². The number of rotatable bonds is 5. The molecule has 0 aliphatic rings. The van der Waals surface area contributed by atoms with Crippen LogP contribution in [0.3, 0.4) is 0 Å². The average Bonchev–Trinajstić information content (AvgIpc) is 2.65. The molecule has 0 radical (unpaired) electrons. The Balaban J connectivity index is 1.96. The van der Waals surface area contributed by atoms with E-state index in [0.29, 0.717) is 17.7 Å². The fourth-order valence-corrected chi connectivity index (χ4v) is 2.58. The molecule has 0 bridgehead atoms. The lowest BCUT2D eigenvalue weighted by atomic mass is 10.1. The van der Waals surface area contributed by atoms with Gasteiger partial charge in [-0.05, 0) is 36.0 Å². The SMILES string of the molecule is N/C=C/c1ccc(-c2cc(F)c(C(F)(F)Oc3cc(F)c(F)c(F)c3)c(F)c2)nc1. The Morgan fingerprint density at radius 2 is 1.47 bits per heavy atom. The van der Waals surface area contributed by atoms with Crippen LogP contribution in [0.4, 0.5) is 30.7 Å². The van der Waals surface area contributed by atoms with Crippen LogP contribution in [0.2, 0.25) is 0 Å². The van der Waals surface area contributed by atoms with Gasteiger partial charge >= 0.3 is 6.11 Å². The number of pyridine rings is 1. The summed E-state index contributed by atoms with van der Waals surface area (Å²) >= 11 is 0. The number of hydrogen-bond donors (Lipinski definition) is 1. The first-order valence-corrected chi connectivity index (χ1v) is 8.18. The van der Waals surface area contributed by atoms with E-state index in [1.807, 2.05) is 0 Å². The molecular weight excluding hydrogens is 417 g/mol. The Kier molecular flexibility index (Phi) is 5.68. The number of hydrogen-bond acceptors (Lipinski definition) is 3. The second-order valence-electron chi connectivity index (χ2n) is 5.97. The van der Waals surface area contributed by atoms with Crippen molar-refractivity contribution < 1.29 is 35.5 Å². The summed E-state index contributed by atoms with van der Waals surface area (Å²) in [4.78, 5) is 3.96. The van der Waals surface area contributed by atoms with Crippen molar-refractivity contribution in [2.75, 3.05) is 0 Å². The maximum Gasteiger partial charge on any atom is 0.432 e. The van der Waals surface area contributed by atoms with E-state index in [9.17, 15) is 30.7 Å². The molecule has 0 saturated carbocycles. The van der Waals surface area contributed by atoms with Gasteiger partial charge in [0.2, 0.25) is 0 Å². The zero-order chi connectivity index (χ0) is 22.1. The highest BCUT2D eigenvalue weighted by atomic mass is 19.3. The largest absolute Gasteiger partial charge is 0.432 e. The fraction of sp³-hybridized carbons (Fsp3) is 0.0500. The van der Waals surface area contributed by atoms with Gasteiger partial charge in [-0.3, -0.25) is 4.98 Å². The van der Waals surface area contributed by atoms with Crippen LogP contribution in [0, 0.1) is 29.1 Å². The van der Waals surface area contributed by atoms with Gasteiger partial charge in [-0.25, -0.2) is 22.0 Å². The maximum absolute atomic E-state index is 14.4. The third kappa shape index (κ3) is 4.22.